The molecule has 1 saturated heterocycles. The maximum atomic E-state index is 12.0. The molecular weight excluding hydrogens is 371 g/mol. The molecule has 2 fully saturated rings. The fourth-order valence-corrected chi connectivity index (χ4v) is 3.68. The molecule has 4 nitrogen and oxygen atoms in total. The van der Waals surface area contributed by atoms with Crippen LogP contribution >= 0.6 is 22.6 Å². The van der Waals surface area contributed by atoms with E-state index in [1.165, 1.54) is 7.11 Å². The molecule has 0 N–H and O–H groups in total. The van der Waals surface area contributed by atoms with Crippen LogP contribution in [0.4, 0.5) is 0 Å². The molecule has 20 heavy (non-hydrogen) atoms. The van der Waals surface area contributed by atoms with Gasteiger partial charge in [-0.05, 0) is 47.1 Å². The Kier molecular flexibility index (Phi) is 4.01. The Labute approximate surface area is 131 Å². The zero-order valence-corrected chi connectivity index (χ0v) is 13.5. The molecule has 5 heteroatoms. The Morgan fingerprint density at radius 3 is 2.65 bits per heavy atom. The Balaban J connectivity index is 1.94. The Morgan fingerprint density at radius 2 is 2.00 bits per heavy atom. The minimum Gasteiger partial charge on any atom is -0.467 e. The normalized spacial score (nSPS) is 27.9. The maximum absolute atomic E-state index is 12.0. The van der Waals surface area contributed by atoms with E-state index in [0.29, 0.717) is 0 Å². The standard InChI is InChI=1S/C15H17IO4/c1-18-14(17)13-12(10-6-2-3-7-11(10)16)19-15(20-13)8-4-5-9-15/h2-3,6-7,12-13H,4-5,8-9H2,1H3/t12-,13+/m0/s1. The van der Waals surface area contributed by atoms with E-state index < -0.39 is 11.9 Å². The average molecular weight is 388 g/mol. The van der Waals surface area contributed by atoms with Crippen molar-refractivity contribution >= 4 is 28.6 Å². The molecule has 0 bridgehead atoms. The number of halogens is 1. The van der Waals surface area contributed by atoms with Crippen molar-refractivity contribution < 1.29 is 19.0 Å². The van der Waals surface area contributed by atoms with Crippen molar-refractivity contribution in [1.82, 2.24) is 0 Å². The van der Waals surface area contributed by atoms with Crippen molar-refractivity contribution in [2.24, 2.45) is 0 Å². The third-order valence-electron chi connectivity index (χ3n) is 3.97. The van der Waals surface area contributed by atoms with Gasteiger partial charge in [-0.1, -0.05) is 18.2 Å². The molecular formula is C15H17IO4. The van der Waals surface area contributed by atoms with Gasteiger partial charge in [-0.2, -0.15) is 0 Å². The molecule has 108 valence electrons. The zero-order valence-electron chi connectivity index (χ0n) is 11.3. The minimum absolute atomic E-state index is 0.363. The zero-order chi connectivity index (χ0) is 14.2. The quantitative estimate of drug-likeness (QED) is 0.577. The first-order valence-corrected chi connectivity index (χ1v) is 7.91. The van der Waals surface area contributed by atoms with E-state index in [0.717, 1.165) is 34.8 Å². The molecule has 1 aliphatic carbocycles. The predicted molar refractivity (Wildman–Crippen MR) is 81.1 cm³/mol. The topological polar surface area (TPSA) is 44.8 Å². The summed E-state index contributed by atoms with van der Waals surface area (Å²) < 4.78 is 18.1. The molecule has 1 saturated carbocycles. The summed E-state index contributed by atoms with van der Waals surface area (Å²) in [5.74, 6) is -0.957. The summed E-state index contributed by atoms with van der Waals surface area (Å²) in [4.78, 5) is 12.0. The van der Waals surface area contributed by atoms with Crippen LogP contribution in [-0.4, -0.2) is 25.0 Å². The van der Waals surface area contributed by atoms with Gasteiger partial charge < -0.3 is 14.2 Å². The van der Waals surface area contributed by atoms with Gasteiger partial charge in [0.15, 0.2) is 11.9 Å². The average Bonchev–Trinajstić information content (AvgIpc) is 3.07. The van der Waals surface area contributed by atoms with E-state index in [4.69, 9.17) is 14.2 Å². The van der Waals surface area contributed by atoms with Crippen molar-refractivity contribution in [3.05, 3.63) is 33.4 Å². The highest BCUT2D eigenvalue weighted by Crippen LogP contribution is 2.47. The summed E-state index contributed by atoms with van der Waals surface area (Å²) >= 11 is 2.26. The van der Waals surface area contributed by atoms with Gasteiger partial charge in [0, 0.05) is 16.4 Å². The number of methoxy groups -OCH3 is 1. The van der Waals surface area contributed by atoms with Gasteiger partial charge in [-0.3, -0.25) is 0 Å². The number of ether oxygens (including phenoxy) is 3. The van der Waals surface area contributed by atoms with Crippen molar-refractivity contribution in [2.75, 3.05) is 7.11 Å². The van der Waals surface area contributed by atoms with Gasteiger partial charge >= 0.3 is 5.97 Å². The molecule has 0 unspecified atom stereocenters. The summed E-state index contributed by atoms with van der Waals surface area (Å²) in [6, 6.07) is 7.92. The lowest BCUT2D eigenvalue weighted by Crippen LogP contribution is -2.30. The lowest BCUT2D eigenvalue weighted by molar-refractivity contribution is -0.180. The van der Waals surface area contributed by atoms with Gasteiger partial charge in [0.2, 0.25) is 0 Å². The van der Waals surface area contributed by atoms with Gasteiger partial charge in [0.25, 0.3) is 0 Å². The van der Waals surface area contributed by atoms with Crippen molar-refractivity contribution in [2.45, 2.75) is 43.7 Å². The van der Waals surface area contributed by atoms with E-state index in [2.05, 4.69) is 22.6 Å². The summed E-state index contributed by atoms with van der Waals surface area (Å²) in [7, 11) is 1.39. The fraction of sp³-hybridized carbons (Fsp3) is 0.533. The molecule has 0 radical (unpaired) electrons. The highest BCUT2D eigenvalue weighted by Gasteiger charge is 2.53. The second-order valence-corrected chi connectivity index (χ2v) is 6.40. The van der Waals surface area contributed by atoms with Crippen LogP contribution in [0.25, 0.3) is 0 Å². The summed E-state index contributed by atoms with van der Waals surface area (Å²) in [5, 5.41) is 0. The molecule has 0 amide bonds. The van der Waals surface area contributed by atoms with Crippen molar-refractivity contribution in [3.63, 3.8) is 0 Å². The van der Waals surface area contributed by atoms with Crippen molar-refractivity contribution in [3.8, 4) is 0 Å². The molecule has 1 aromatic rings. The monoisotopic (exact) mass is 388 g/mol. The number of hydrogen-bond donors (Lipinski definition) is 0. The molecule has 1 spiro atoms. The fourth-order valence-electron chi connectivity index (χ4n) is 2.98. The van der Waals surface area contributed by atoms with Crippen LogP contribution in [0.1, 0.15) is 37.4 Å². The van der Waals surface area contributed by atoms with Crippen molar-refractivity contribution in [1.29, 1.82) is 0 Å². The van der Waals surface area contributed by atoms with E-state index in [9.17, 15) is 4.79 Å². The molecule has 3 rings (SSSR count). The van der Waals surface area contributed by atoms with E-state index >= 15 is 0 Å². The van der Waals surface area contributed by atoms with Gasteiger partial charge in [0.1, 0.15) is 6.10 Å². The van der Waals surface area contributed by atoms with E-state index in [1.807, 2.05) is 24.3 Å². The molecule has 2 aliphatic rings. The van der Waals surface area contributed by atoms with Crippen LogP contribution in [0, 0.1) is 3.57 Å². The first kappa shape index (κ1) is 14.3. The molecule has 2 atom stereocenters. The van der Waals surface area contributed by atoms with Crippen LogP contribution in [0.2, 0.25) is 0 Å². The summed E-state index contributed by atoms with van der Waals surface area (Å²) in [6.45, 7) is 0. The number of carbonyl (C=O) groups is 1. The summed E-state index contributed by atoms with van der Waals surface area (Å²) in [5.41, 5.74) is 0.993. The number of hydrogen-bond acceptors (Lipinski definition) is 4. The van der Waals surface area contributed by atoms with Crippen LogP contribution in [0.3, 0.4) is 0 Å². The Hall–Kier alpha value is -0.660. The molecule has 1 aliphatic heterocycles. The van der Waals surface area contributed by atoms with E-state index in [-0.39, 0.29) is 12.1 Å². The lowest BCUT2D eigenvalue weighted by atomic mass is 10.0. The third kappa shape index (κ3) is 2.46. The first-order chi connectivity index (χ1) is 9.65. The highest BCUT2D eigenvalue weighted by atomic mass is 127. The second kappa shape index (κ2) is 5.61. The second-order valence-electron chi connectivity index (χ2n) is 5.24. The van der Waals surface area contributed by atoms with E-state index in [1.54, 1.807) is 0 Å². The molecule has 1 aromatic carbocycles. The molecule has 1 heterocycles. The van der Waals surface area contributed by atoms with Gasteiger partial charge in [-0.15, -0.1) is 0 Å². The number of esters is 1. The maximum Gasteiger partial charge on any atom is 0.338 e. The van der Waals surface area contributed by atoms with Crippen LogP contribution < -0.4 is 0 Å². The third-order valence-corrected chi connectivity index (χ3v) is 4.95. The van der Waals surface area contributed by atoms with Gasteiger partial charge in [0.05, 0.1) is 7.11 Å². The molecule has 0 aromatic heterocycles. The lowest BCUT2D eigenvalue weighted by Gasteiger charge is -2.21. The van der Waals surface area contributed by atoms with Gasteiger partial charge in [-0.25, -0.2) is 4.79 Å². The summed E-state index contributed by atoms with van der Waals surface area (Å²) in [6.07, 6.45) is 2.79. The number of rotatable bonds is 2. The van der Waals surface area contributed by atoms with Crippen LogP contribution in [0.5, 0.6) is 0 Å². The van der Waals surface area contributed by atoms with Crippen LogP contribution in [-0.2, 0) is 19.0 Å². The Morgan fingerprint density at radius 1 is 1.30 bits per heavy atom. The number of carbonyl (C=O) groups excluding carboxylic acids is 1. The van der Waals surface area contributed by atoms with Crippen LogP contribution in [0.15, 0.2) is 24.3 Å². The smallest absolute Gasteiger partial charge is 0.338 e. The highest BCUT2D eigenvalue weighted by molar-refractivity contribution is 14.1. The SMILES string of the molecule is COC(=O)[C@@H]1OC2(CCCC2)O[C@H]1c1ccccc1I. The first-order valence-electron chi connectivity index (χ1n) is 6.83. The predicted octanol–water partition coefficient (Wildman–Crippen LogP) is 3.19. The largest absolute Gasteiger partial charge is 0.467 e. The minimum atomic E-state index is -0.672. The number of benzene rings is 1. The Bertz CT molecular complexity index is 510.